The van der Waals surface area contributed by atoms with Crippen LogP contribution in [0.3, 0.4) is 0 Å². The van der Waals surface area contributed by atoms with Gasteiger partial charge in [0.15, 0.2) is 14.9 Å². The molecule has 4 nitrogen and oxygen atoms in total. The molecule has 1 aromatic rings. The minimum atomic E-state index is -3.22. The van der Waals surface area contributed by atoms with Crippen LogP contribution in [-0.4, -0.2) is 32.2 Å². The molecule has 0 saturated carbocycles. The van der Waals surface area contributed by atoms with Gasteiger partial charge in [0.25, 0.3) is 0 Å². The summed E-state index contributed by atoms with van der Waals surface area (Å²) in [7, 11) is -3.22. The van der Waals surface area contributed by atoms with Gasteiger partial charge in [-0.25, -0.2) is 13.4 Å². The number of aryl methyl sites for hydroxylation is 1. The second-order valence-electron chi connectivity index (χ2n) is 4.65. The van der Waals surface area contributed by atoms with Crippen molar-refractivity contribution in [2.24, 2.45) is 5.92 Å². The molecule has 1 aliphatic rings. The summed E-state index contributed by atoms with van der Waals surface area (Å²) in [5.74, 6) is 0.495. The molecule has 0 aliphatic carbocycles. The first-order chi connectivity index (χ1) is 8.08. The fourth-order valence-electron chi connectivity index (χ4n) is 2.12. The van der Waals surface area contributed by atoms with Gasteiger partial charge in [0.05, 0.1) is 5.75 Å². The molecule has 1 saturated heterocycles. The van der Waals surface area contributed by atoms with Gasteiger partial charge in [0, 0.05) is 6.20 Å². The number of aromatic nitrogens is 1. The van der Waals surface area contributed by atoms with Gasteiger partial charge in [0.2, 0.25) is 0 Å². The third kappa shape index (κ3) is 3.93. The molecule has 6 heteroatoms. The Morgan fingerprint density at radius 2 is 2.06 bits per heavy atom. The number of piperidine rings is 1. The molecule has 1 fully saturated rings. The van der Waals surface area contributed by atoms with E-state index in [9.17, 15) is 8.42 Å². The fourth-order valence-corrected chi connectivity index (χ4v) is 3.83. The highest BCUT2D eigenvalue weighted by atomic mass is 35.5. The predicted octanol–water partition coefficient (Wildman–Crippen LogP) is 1.59. The number of hydrogen-bond acceptors (Lipinski definition) is 4. The Bertz CT molecular complexity index is 485. The molecule has 0 aromatic carbocycles. The van der Waals surface area contributed by atoms with Crippen molar-refractivity contribution in [1.82, 2.24) is 10.3 Å². The zero-order chi connectivity index (χ0) is 12.3. The molecule has 18 heavy (non-hydrogen) atoms. The van der Waals surface area contributed by atoms with Crippen molar-refractivity contribution in [2.45, 2.75) is 24.8 Å². The Labute approximate surface area is 115 Å². The average Bonchev–Trinajstić information content (AvgIpc) is 2.30. The summed E-state index contributed by atoms with van der Waals surface area (Å²) in [5, 5.41) is 3.46. The van der Waals surface area contributed by atoms with E-state index in [2.05, 4.69) is 10.3 Å². The van der Waals surface area contributed by atoms with Gasteiger partial charge in [0.1, 0.15) is 0 Å². The molecule has 1 N–H and O–H groups in total. The van der Waals surface area contributed by atoms with E-state index in [1.807, 2.05) is 13.0 Å². The molecule has 0 spiro atoms. The van der Waals surface area contributed by atoms with Crippen LogP contribution >= 0.6 is 12.4 Å². The van der Waals surface area contributed by atoms with Crippen LogP contribution < -0.4 is 5.32 Å². The van der Waals surface area contributed by atoms with Crippen LogP contribution in [-0.2, 0) is 9.84 Å². The lowest BCUT2D eigenvalue weighted by molar-refractivity contribution is 0.401. The van der Waals surface area contributed by atoms with Crippen LogP contribution in [0.5, 0.6) is 0 Å². The molecule has 0 amide bonds. The second kappa shape index (κ2) is 6.50. The molecule has 0 atom stereocenters. The molecule has 0 bridgehead atoms. The molecule has 0 radical (unpaired) electrons. The van der Waals surface area contributed by atoms with Crippen molar-refractivity contribution in [3.05, 3.63) is 23.9 Å². The molecule has 2 rings (SSSR count). The van der Waals surface area contributed by atoms with Crippen molar-refractivity contribution in [3.8, 4) is 0 Å². The van der Waals surface area contributed by atoms with E-state index in [1.165, 1.54) is 0 Å². The maximum absolute atomic E-state index is 12.2. The van der Waals surface area contributed by atoms with Gasteiger partial charge >= 0.3 is 0 Å². The van der Waals surface area contributed by atoms with Crippen LogP contribution in [0.1, 0.15) is 18.4 Å². The third-order valence-corrected chi connectivity index (χ3v) is 4.89. The van der Waals surface area contributed by atoms with Crippen LogP contribution in [0.4, 0.5) is 0 Å². The predicted molar refractivity (Wildman–Crippen MR) is 73.9 cm³/mol. The number of hydrogen-bond donors (Lipinski definition) is 1. The lowest BCUT2D eigenvalue weighted by Crippen LogP contribution is -2.31. The van der Waals surface area contributed by atoms with Gasteiger partial charge in [-0.05, 0) is 56.5 Å². The number of rotatable bonds is 3. The summed E-state index contributed by atoms with van der Waals surface area (Å²) in [4.78, 5) is 3.97. The monoisotopic (exact) mass is 290 g/mol. The standard InChI is InChI=1S/C12H18N2O2S.ClH/c1-10-2-7-14-12(8-10)17(15,16)9-11-3-5-13-6-4-11;/h2,7-8,11,13H,3-6,9H2,1H3;1H. The first-order valence-electron chi connectivity index (χ1n) is 5.94. The SMILES string of the molecule is Cc1ccnc(S(=O)(=O)CC2CCNCC2)c1.Cl. The summed E-state index contributed by atoms with van der Waals surface area (Å²) in [6.07, 6.45) is 3.43. The maximum atomic E-state index is 12.2. The highest BCUT2D eigenvalue weighted by Crippen LogP contribution is 2.18. The molecule has 0 unspecified atom stereocenters. The van der Waals surface area contributed by atoms with E-state index in [-0.39, 0.29) is 29.1 Å². The van der Waals surface area contributed by atoms with Crippen molar-refractivity contribution in [3.63, 3.8) is 0 Å². The first-order valence-corrected chi connectivity index (χ1v) is 7.59. The number of nitrogens with one attached hydrogen (secondary N) is 1. The molecule has 1 aliphatic heterocycles. The lowest BCUT2D eigenvalue weighted by atomic mass is 10.0. The van der Waals surface area contributed by atoms with Gasteiger partial charge < -0.3 is 5.32 Å². The Kier molecular flexibility index (Phi) is 5.56. The van der Waals surface area contributed by atoms with Crippen LogP contribution in [0.2, 0.25) is 0 Å². The molecular formula is C12H19ClN2O2S. The second-order valence-corrected chi connectivity index (χ2v) is 6.63. The highest BCUT2D eigenvalue weighted by molar-refractivity contribution is 7.91. The number of sulfone groups is 1. The van der Waals surface area contributed by atoms with Gasteiger partial charge in [-0.3, -0.25) is 0 Å². The normalized spacial score (nSPS) is 17.2. The number of pyridine rings is 1. The topological polar surface area (TPSA) is 59.1 Å². The van der Waals surface area contributed by atoms with E-state index in [1.54, 1.807) is 12.3 Å². The van der Waals surface area contributed by atoms with Crippen molar-refractivity contribution >= 4 is 22.2 Å². The van der Waals surface area contributed by atoms with Crippen molar-refractivity contribution < 1.29 is 8.42 Å². The van der Waals surface area contributed by atoms with Crippen molar-refractivity contribution in [1.29, 1.82) is 0 Å². The third-order valence-electron chi connectivity index (χ3n) is 3.12. The summed E-state index contributed by atoms with van der Waals surface area (Å²) < 4.78 is 24.3. The molecular weight excluding hydrogens is 272 g/mol. The minimum Gasteiger partial charge on any atom is -0.317 e. The quantitative estimate of drug-likeness (QED) is 0.918. The number of halogens is 1. The van der Waals surface area contributed by atoms with Gasteiger partial charge in [-0.2, -0.15) is 0 Å². The largest absolute Gasteiger partial charge is 0.317 e. The van der Waals surface area contributed by atoms with Crippen LogP contribution in [0.25, 0.3) is 0 Å². The minimum absolute atomic E-state index is 0. The van der Waals surface area contributed by atoms with Crippen molar-refractivity contribution in [2.75, 3.05) is 18.8 Å². The summed E-state index contributed by atoms with van der Waals surface area (Å²) in [6.45, 7) is 3.72. The van der Waals surface area contributed by atoms with E-state index >= 15 is 0 Å². The lowest BCUT2D eigenvalue weighted by Gasteiger charge is -2.22. The maximum Gasteiger partial charge on any atom is 0.195 e. The molecule has 1 aromatic heterocycles. The summed E-state index contributed by atoms with van der Waals surface area (Å²) in [6, 6.07) is 3.46. The average molecular weight is 291 g/mol. The van der Waals surface area contributed by atoms with Gasteiger partial charge in [-0.15, -0.1) is 12.4 Å². The Hall–Kier alpha value is -0.650. The van der Waals surface area contributed by atoms with E-state index in [4.69, 9.17) is 0 Å². The summed E-state index contributed by atoms with van der Waals surface area (Å²) >= 11 is 0. The van der Waals surface area contributed by atoms with E-state index < -0.39 is 9.84 Å². The zero-order valence-corrected chi connectivity index (χ0v) is 12.1. The highest BCUT2D eigenvalue weighted by Gasteiger charge is 2.23. The summed E-state index contributed by atoms with van der Waals surface area (Å²) in [5.41, 5.74) is 0.934. The van der Waals surface area contributed by atoms with Crippen LogP contribution in [0, 0.1) is 12.8 Å². The molecule has 2 heterocycles. The number of nitrogens with zero attached hydrogens (tertiary/aromatic N) is 1. The zero-order valence-electron chi connectivity index (χ0n) is 10.4. The first kappa shape index (κ1) is 15.4. The van der Waals surface area contributed by atoms with Crippen LogP contribution in [0.15, 0.2) is 23.4 Å². The smallest absolute Gasteiger partial charge is 0.195 e. The Morgan fingerprint density at radius 1 is 1.39 bits per heavy atom. The fraction of sp³-hybridized carbons (Fsp3) is 0.583. The van der Waals surface area contributed by atoms with Gasteiger partial charge in [-0.1, -0.05) is 0 Å². The molecule has 102 valence electrons. The Morgan fingerprint density at radius 3 is 2.67 bits per heavy atom. The van der Waals surface area contributed by atoms with E-state index in [0.29, 0.717) is 0 Å². The Balaban J connectivity index is 0.00000162. The van der Waals surface area contributed by atoms with E-state index in [0.717, 1.165) is 31.5 Å².